The summed E-state index contributed by atoms with van der Waals surface area (Å²) in [5.74, 6) is -0.0272. The van der Waals surface area contributed by atoms with Gasteiger partial charge in [0, 0.05) is 32.6 Å². The molecular formula is C13H20N6O2. The Hall–Kier alpha value is -1.96. The molecule has 8 heteroatoms. The summed E-state index contributed by atoms with van der Waals surface area (Å²) in [6.45, 7) is 1.58. The lowest BCUT2D eigenvalue weighted by atomic mass is 10.1. The number of carbonyl (C=O) groups excluding carboxylic acids is 2. The molecule has 0 unspecified atom stereocenters. The van der Waals surface area contributed by atoms with Gasteiger partial charge in [-0.3, -0.25) is 14.3 Å². The number of aromatic nitrogens is 3. The van der Waals surface area contributed by atoms with Crippen LogP contribution in [0.2, 0.25) is 0 Å². The molecule has 0 aromatic carbocycles. The van der Waals surface area contributed by atoms with E-state index in [0.29, 0.717) is 31.7 Å². The van der Waals surface area contributed by atoms with Crippen LogP contribution in [0.25, 0.3) is 0 Å². The molecule has 0 radical (unpaired) electrons. The highest BCUT2D eigenvalue weighted by atomic mass is 16.2. The molecule has 2 aliphatic heterocycles. The van der Waals surface area contributed by atoms with Crippen LogP contribution in [0.1, 0.15) is 29.8 Å². The SMILES string of the molecule is CN1C[C@@H]2CC[C@H](CC1=O)N2C(=O)c1cn(CCN)nn1. The monoisotopic (exact) mass is 292 g/mol. The van der Waals surface area contributed by atoms with Crippen molar-refractivity contribution < 1.29 is 9.59 Å². The van der Waals surface area contributed by atoms with Crippen molar-refractivity contribution in [3.05, 3.63) is 11.9 Å². The van der Waals surface area contributed by atoms with Gasteiger partial charge in [-0.2, -0.15) is 0 Å². The van der Waals surface area contributed by atoms with Crippen LogP contribution < -0.4 is 5.73 Å². The van der Waals surface area contributed by atoms with E-state index in [1.165, 1.54) is 0 Å². The van der Waals surface area contributed by atoms with E-state index in [1.807, 2.05) is 4.90 Å². The lowest BCUT2D eigenvalue weighted by molar-refractivity contribution is -0.130. The van der Waals surface area contributed by atoms with E-state index in [4.69, 9.17) is 5.73 Å². The van der Waals surface area contributed by atoms with Crippen molar-refractivity contribution in [2.45, 2.75) is 37.9 Å². The Labute approximate surface area is 122 Å². The molecule has 1 aromatic heterocycles. The fourth-order valence-corrected chi connectivity index (χ4v) is 3.22. The average Bonchev–Trinajstić information content (AvgIpc) is 3.03. The molecule has 2 fully saturated rings. The first kappa shape index (κ1) is 14.0. The van der Waals surface area contributed by atoms with Gasteiger partial charge in [0.25, 0.3) is 5.91 Å². The van der Waals surface area contributed by atoms with Gasteiger partial charge in [-0.25, -0.2) is 0 Å². The molecule has 0 saturated carbocycles. The van der Waals surface area contributed by atoms with Crippen LogP contribution >= 0.6 is 0 Å². The number of amides is 2. The van der Waals surface area contributed by atoms with E-state index in [9.17, 15) is 9.59 Å². The maximum absolute atomic E-state index is 12.7. The summed E-state index contributed by atoms with van der Waals surface area (Å²) < 4.78 is 1.57. The number of fused-ring (bicyclic) bond motifs is 2. The van der Waals surface area contributed by atoms with Gasteiger partial charge >= 0.3 is 0 Å². The predicted molar refractivity (Wildman–Crippen MR) is 74.3 cm³/mol. The van der Waals surface area contributed by atoms with Crippen molar-refractivity contribution in [1.29, 1.82) is 0 Å². The molecule has 0 aliphatic carbocycles. The molecule has 2 aliphatic rings. The Morgan fingerprint density at radius 1 is 1.43 bits per heavy atom. The Morgan fingerprint density at radius 3 is 2.95 bits per heavy atom. The number of nitrogens with zero attached hydrogens (tertiary/aromatic N) is 5. The minimum Gasteiger partial charge on any atom is -0.344 e. The van der Waals surface area contributed by atoms with Crippen molar-refractivity contribution in [1.82, 2.24) is 24.8 Å². The number of likely N-dealkylation sites (N-methyl/N-ethyl adjacent to an activating group) is 1. The van der Waals surface area contributed by atoms with Crippen LogP contribution in [0.15, 0.2) is 6.20 Å². The molecule has 2 saturated heterocycles. The molecule has 21 heavy (non-hydrogen) atoms. The maximum Gasteiger partial charge on any atom is 0.276 e. The van der Waals surface area contributed by atoms with Gasteiger partial charge in [0.1, 0.15) is 0 Å². The summed E-state index contributed by atoms with van der Waals surface area (Å²) in [5.41, 5.74) is 5.80. The Morgan fingerprint density at radius 2 is 2.19 bits per heavy atom. The number of nitrogens with two attached hydrogens (primary N) is 1. The molecule has 3 heterocycles. The summed E-state index contributed by atoms with van der Waals surface area (Å²) >= 11 is 0. The minimum atomic E-state index is -0.131. The highest BCUT2D eigenvalue weighted by Crippen LogP contribution is 2.31. The molecule has 0 spiro atoms. The molecule has 2 bridgehead atoms. The molecule has 8 nitrogen and oxygen atoms in total. The average molecular weight is 292 g/mol. The molecule has 2 atom stereocenters. The van der Waals surface area contributed by atoms with Crippen molar-refractivity contribution in [2.24, 2.45) is 5.73 Å². The zero-order valence-electron chi connectivity index (χ0n) is 12.1. The molecule has 114 valence electrons. The number of rotatable bonds is 3. The fourth-order valence-electron chi connectivity index (χ4n) is 3.22. The van der Waals surface area contributed by atoms with E-state index in [-0.39, 0.29) is 23.9 Å². The van der Waals surface area contributed by atoms with Crippen molar-refractivity contribution >= 4 is 11.8 Å². The van der Waals surface area contributed by atoms with E-state index < -0.39 is 0 Å². The van der Waals surface area contributed by atoms with E-state index in [1.54, 1.807) is 22.8 Å². The molecule has 2 N–H and O–H groups in total. The number of likely N-dealkylation sites (tertiary alicyclic amines) is 1. The first-order valence-electron chi connectivity index (χ1n) is 7.27. The minimum absolute atomic E-state index is 0.0143. The Balaban J connectivity index is 1.81. The third kappa shape index (κ3) is 2.51. The number of hydrogen-bond acceptors (Lipinski definition) is 5. The first-order chi connectivity index (χ1) is 10.1. The third-order valence-corrected chi connectivity index (χ3v) is 4.29. The molecular weight excluding hydrogens is 272 g/mol. The smallest absolute Gasteiger partial charge is 0.276 e. The van der Waals surface area contributed by atoms with Crippen molar-refractivity contribution in [3.63, 3.8) is 0 Å². The van der Waals surface area contributed by atoms with Crippen LogP contribution in [0.4, 0.5) is 0 Å². The quantitative estimate of drug-likeness (QED) is 0.776. The largest absolute Gasteiger partial charge is 0.344 e. The zero-order valence-corrected chi connectivity index (χ0v) is 12.1. The van der Waals surface area contributed by atoms with Crippen LogP contribution in [0, 0.1) is 0 Å². The highest BCUT2D eigenvalue weighted by Gasteiger charge is 2.42. The van der Waals surface area contributed by atoms with Crippen LogP contribution in [0.3, 0.4) is 0 Å². The fraction of sp³-hybridized carbons (Fsp3) is 0.692. The second-order valence-electron chi connectivity index (χ2n) is 5.73. The predicted octanol–water partition coefficient (Wildman–Crippen LogP) is -0.928. The van der Waals surface area contributed by atoms with Gasteiger partial charge in [-0.15, -0.1) is 5.10 Å². The summed E-state index contributed by atoms with van der Waals surface area (Å²) in [7, 11) is 1.79. The third-order valence-electron chi connectivity index (χ3n) is 4.29. The van der Waals surface area contributed by atoms with Gasteiger partial charge in [0.2, 0.25) is 5.91 Å². The zero-order chi connectivity index (χ0) is 15.0. The lowest BCUT2D eigenvalue weighted by Crippen LogP contribution is -2.42. The van der Waals surface area contributed by atoms with Gasteiger partial charge in [-0.1, -0.05) is 5.21 Å². The summed E-state index contributed by atoms with van der Waals surface area (Å²) in [6, 6.07) is 0.0678. The second-order valence-corrected chi connectivity index (χ2v) is 5.73. The summed E-state index contributed by atoms with van der Waals surface area (Å²) in [4.78, 5) is 28.2. The van der Waals surface area contributed by atoms with Crippen LogP contribution in [-0.4, -0.2) is 68.8 Å². The van der Waals surface area contributed by atoms with E-state index in [0.717, 1.165) is 12.8 Å². The Bertz CT molecular complexity index is 557. The topological polar surface area (TPSA) is 97.4 Å². The van der Waals surface area contributed by atoms with Crippen LogP contribution in [-0.2, 0) is 11.3 Å². The van der Waals surface area contributed by atoms with Gasteiger partial charge in [0.15, 0.2) is 5.69 Å². The first-order valence-corrected chi connectivity index (χ1v) is 7.27. The van der Waals surface area contributed by atoms with E-state index >= 15 is 0 Å². The van der Waals surface area contributed by atoms with Crippen LogP contribution in [0.5, 0.6) is 0 Å². The maximum atomic E-state index is 12.7. The number of hydrogen-bond donors (Lipinski definition) is 1. The second kappa shape index (κ2) is 5.44. The van der Waals surface area contributed by atoms with Gasteiger partial charge < -0.3 is 15.5 Å². The molecule has 1 aromatic rings. The lowest BCUT2D eigenvalue weighted by Gasteiger charge is -2.27. The van der Waals surface area contributed by atoms with Crippen molar-refractivity contribution in [3.8, 4) is 0 Å². The molecule has 2 amide bonds. The normalized spacial score (nSPS) is 25.3. The number of carbonyl (C=O) groups is 2. The standard InChI is InChI=1S/C13H20N6O2/c1-17-7-10-3-2-9(6-12(17)20)19(10)13(21)11-8-18(5-4-14)16-15-11/h8-10H,2-7,14H2,1H3/t9-,10+/m1/s1. The highest BCUT2D eigenvalue weighted by molar-refractivity contribution is 5.93. The van der Waals surface area contributed by atoms with Crippen molar-refractivity contribution in [2.75, 3.05) is 20.1 Å². The van der Waals surface area contributed by atoms with Gasteiger partial charge in [-0.05, 0) is 12.8 Å². The van der Waals surface area contributed by atoms with Gasteiger partial charge in [0.05, 0.1) is 18.8 Å². The Kier molecular flexibility index (Phi) is 3.62. The van der Waals surface area contributed by atoms with E-state index in [2.05, 4.69) is 10.3 Å². The summed E-state index contributed by atoms with van der Waals surface area (Å²) in [5, 5.41) is 7.85. The molecule has 3 rings (SSSR count). The summed E-state index contributed by atoms with van der Waals surface area (Å²) in [6.07, 6.45) is 3.85.